The molecule has 3 nitrogen and oxygen atoms in total. The molecule has 1 aromatic heterocycles. The van der Waals surface area contributed by atoms with Crippen molar-refractivity contribution >= 4 is 39.1 Å². The SMILES string of the molecule is Cc1cc(Br)cc(C(=O)Nc2cccnc2Cl)c1. The summed E-state index contributed by atoms with van der Waals surface area (Å²) < 4.78 is 0.866. The Balaban J connectivity index is 2.25. The number of aromatic nitrogens is 1. The molecule has 5 heteroatoms. The second kappa shape index (κ2) is 5.50. The van der Waals surface area contributed by atoms with Crippen LogP contribution in [0.4, 0.5) is 5.69 Å². The molecule has 1 N–H and O–H groups in total. The Morgan fingerprint density at radius 2 is 2.17 bits per heavy atom. The summed E-state index contributed by atoms with van der Waals surface area (Å²) >= 11 is 9.25. The van der Waals surface area contributed by atoms with Gasteiger partial charge in [0.2, 0.25) is 0 Å². The van der Waals surface area contributed by atoms with E-state index in [0.29, 0.717) is 11.3 Å². The number of nitrogens with zero attached hydrogens (tertiary/aromatic N) is 1. The third kappa shape index (κ3) is 3.09. The van der Waals surface area contributed by atoms with Gasteiger partial charge < -0.3 is 5.32 Å². The Labute approximate surface area is 118 Å². The van der Waals surface area contributed by atoms with Crippen molar-refractivity contribution in [2.75, 3.05) is 5.32 Å². The first-order valence-electron chi connectivity index (χ1n) is 5.25. The Hall–Kier alpha value is -1.39. The van der Waals surface area contributed by atoms with Crippen molar-refractivity contribution in [1.29, 1.82) is 0 Å². The minimum Gasteiger partial charge on any atom is -0.319 e. The van der Waals surface area contributed by atoms with E-state index in [9.17, 15) is 4.79 Å². The highest BCUT2D eigenvalue weighted by atomic mass is 79.9. The number of anilines is 1. The number of benzene rings is 1. The van der Waals surface area contributed by atoms with E-state index in [4.69, 9.17) is 11.6 Å². The molecule has 1 aromatic carbocycles. The summed E-state index contributed by atoms with van der Waals surface area (Å²) in [5.74, 6) is -0.214. The van der Waals surface area contributed by atoms with Crippen LogP contribution in [0.15, 0.2) is 41.0 Å². The van der Waals surface area contributed by atoms with Gasteiger partial charge in [0.05, 0.1) is 5.69 Å². The average molecular weight is 326 g/mol. The lowest BCUT2D eigenvalue weighted by molar-refractivity contribution is 0.102. The number of pyridine rings is 1. The van der Waals surface area contributed by atoms with Gasteiger partial charge in [-0.25, -0.2) is 4.98 Å². The monoisotopic (exact) mass is 324 g/mol. The minimum absolute atomic E-state index is 0.214. The largest absolute Gasteiger partial charge is 0.319 e. The topological polar surface area (TPSA) is 42.0 Å². The summed E-state index contributed by atoms with van der Waals surface area (Å²) in [7, 11) is 0. The van der Waals surface area contributed by atoms with E-state index in [1.54, 1.807) is 24.4 Å². The van der Waals surface area contributed by atoms with Gasteiger partial charge in [-0.15, -0.1) is 0 Å². The summed E-state index contributed by atoms with van der Waals surface area (Å²) in [6, 6.07) is 8.93. The van der Waals surface area contributed by atoms with Crippen molar-refractivity contribution in [1.82, 2.24) is 4.98 Å². The zero-order valence-corrected chi connectivity index (χ0v) is 11.9. The number of carbonyl (C=O) groups excluding carboxylic acids is 1. The molecular weight excluding hydrogens is 316 g/mol. The number of carbonyl (C=O) groups is 1. The zero-order valence-electron chi connectivity index (χ0n) is 9.58. The van der Waals surface area contributed by atoms with Gasteiger partial charge in [-0.1, -0.05) is 27.5 Å². The smallest absolute Gasteiger partial charge is 0.255 e. The summed E-state index contributed by atoms with van der Waals surface area (Å²) in [6.07, 6.45) is 1.57. The molecule has 18 heavy (non-hydrogen) atoms. The molecule has 1 heterocycles. The maximum atomic E-state index is 12.1. The molecule has 0 unspecified atom stereocenters. The zero-order chi connectivity index (χ0) is 13.1. The lowest BCUT2D eigenvalue weighted by Gasteiger charge is -2.07. The van der Waals surface area contributed by atoms with E-state index in [0.717, 1.165) is 10.0 Å². The van der Waals surface area contributed by atoms with Gasteiger partial charge in [-0.2, -0.15) is 0 Å². The van der Waals surface area contributed by atoms with E-state index in [-0.39, 0.29) is 11.1 Å². The van der Waals surface area contributed by atoms with Crippen LogP contribution in [0, 0.1) is 6.92 Å². The maximum Gasteiger partial charge on any atom is 0.255 e. The van der Waals surface area contributed by atoms with E-state index in [2.05, 4.69) is 26.2 Å². The Morgan fingerprint density at radius 1 is 1.39 bits per heavy atom. The summed E-state index contributed by atoms with van der Waals surface area (Å²) in [5.41, 5.74) is 2.08. The molecule has 92 valence electrons. The highest BCUT2D eigenvalue weighted by Crippen LogP contribution is 2.20. The molecule has 0 aliphatic carbocycles. The fraction of sp³-hybridized carbons (Fsp3) is 0.0769. The van der Waals surface area contributed by atoms with E-state index in [1.165, 1.54) is 0 Å². The number of hydrogen-bond acceptors (Lipinski definition) is 2. The Morgan fingerprint density at radius 3 is 2.83 bits per heavy atom. The standard InChI is InChI=1S/C13H10BrClN2O/c1-8-5-9(7-10(14)6-8)13(18)17-11-3-2-4-16-12(11)15/h2-7H,1H3,(H,17,18). The molecule has 0 aliphatic heterocycles. The van der Waals surface area contributed by atoms with E-state index < -0.39 is 0 Å². The van der Waals surface area contributed by atoms with Gasteiger partial charge in [0.1, 0.15) is 0 Å². The second-order valence-corrected chi connectivity index (χ2v) is 5.09. The molecule has 0 spiro atoms. The maximum absolute atomic E-state index is 12.1. The summed E-state index contributed by atoms with van der Waals surface area (Å²) in [4.78, 5) is 16.0. The first-order chi connectivity index (χ1) is 8.56. The number of aryl methyl sites for hydroxylation is 1. The molecule has 0 atom stereocenters. The van der Waals surface area contributed by atoms with E-state index in [1.807, 2.05) is 19.1 Å². The predicted molar refractivity (Wildman–Crippen MR) is 76.1 cm³/mol. The lowest BCUT2D eigenvalue weighted by atomic mass is 10.1. The number of halogens is 2. The average Bonchev–Trinajstić information content (AvgIpc) is 2.31. The fourth-order valence-electron chi connectivity index (χ4n) is 1.54. The molecule has 0 aliphatic rings. The van der Waals surface area contributed by atoms with Crippen LogP contribution in [0.5, 0.6) is 0 Å². The van der Waals surface area contributed by atoms with Crippen molar-refractivity contribution in [3.8, 4) is 0 Å². The molecule has 1 amide bonds. The van der Waals surface area contributed by atoms with Gasteiger partial charge >= 0.3 is 0 Å². The van der Waals surface area contributed by atoms with Crippen molar-refractivity contribution in [2.45, 2.75) is 6.92 Å². The number of hydrogen-bond donors (Lipinski definition) is 1. The normalized spacial score (nSPS) is 10.2. The van der Waals surface area contributed by atoms with Crippen molar-refractivity contribution in [2.24, 2.45) is 0 Å². The van der Waals surface area contributed by atoms with Crippen LogP contribution in [-0.2, 0) is 0 Å². The van der Waals surface area contributed by atoms with Gasteiger partial charge in [0.15, 0.2) is 5.15 Å². The van der Waals surface area contributed by atoms with Gasteiger partial charge in [0.25, 0.3) is 5.91 Å². The lowest BCUT2D eigenvalue weighted by Crippen LogP contribution is -2.12. The molecule has 0 saturated heterocycles. The number of nitrogens with one attached hydrogen (secondary N) is 1. The molecule has 0 radical (unpaired) electrons. The molecule has 2 aromatic rings. The van der Waals surface area contributed by atoms with Crippen LogP contribution < -0.4 is 5.32 Å². The van der Waals surface area contributed by atoms with Gasteiger partial charge in [-0.05, 0) is 42.8 Å². The highest BCUT2D eigenvalue weighted by molar-refractivity contribution is 9.10. The Kier molecular flexibility index (Phi) is 3.99. The molecular formula is C13H10BrClN2O. The molecule has 0 fully saturated rings. The third-order valence-electron chi connectivity index (χ3n) is 2.31. The van der Waals surface area contributed by atoms with Crippen molar-refractivity contribution in [3.05, 3.63) is 57.3 Å². The van der Waals surface area contributed by atoms with Crippen LogP contribution in [0.1, 0.15) is 15.9 Å². The van der Waals surface area contributed by atoms with Crippen molar-refractivity contribution in [3.63, 3.8) is 0 Å². The quantitative estimate of drug-likeness (QED) is 0.846. The van der Waals surface area contributed by atoms with Crippen LogP contribution in [-0.4, -0.2) is 10.9 Å². The summed E-state index contributed by atoms with van der Waals surface area (Å²) in [6.45, 7) is 1.93. The molecule has 2 rings (SSSR count). The van der Waals surface area contributed by atoms with Crippen LogP contribution >= 0.6 is 27.5 Å². The van der Waals surface area contributed by atoms with Crippen LogP contribution in [0.3, 0.4) is 0 Å². The second-order valence-electron chi connectivity index (χ2n) is 3.81. The fourth-order valence-corrected chi connectivity index (χ4v) is 2.32. The number of amides is 1. The van der Waals surface area contributed by atoms with Crippen LogP contribution in [0.2, 0.25) is 5.15 Å². The van der Waals surface area contributed by atoms with E-state index >= 15 is 0 Å². The van der Waals surface area contributed by atoms with Gasteiger partial charge in [-0.3, -0.25) is 4.79 Å². The van der Waals surface area contributed by atoms with Crippen molar-refractivity contribution < 1.29 is 4.79 Å². The first kappa shape index (κ1) is 13.1. The minimum atomic E-state index is -0.214. The highest BCUT2D eigenvalue weighted by Gasteiger charge is 2.09. The van der Waals surface area contributed by atoms with Crippen LogP contribution in [0.25, 0.3) is 0 Å². The first-order valence-corrected chi connectivity index (χ1v) is 6.42. The Bertz CT molecular complexity index is 581. The third-order valence-corrected chi connectivity index (χ3v) is 3.07. The number of rotatable bonds is 2. The predicted octanol–water partition coefficient (Wildman–Crippen LogP) is 4.06. The van der Waals surface area contributed by atoms with Gasteiger partial charge in [0, 0.05) is 16.2 Å². The molecule has 0 saturated carbocycles. The summed E-state index contributed by atoms with van der Waals surface area (Å²) in [5, 5.41) is 3.00. The molecule has 0 bridgehead atoms.